The molecule has 2 atom stereocenters. The topological polar surface area (TPSA) is 0 Å². The summed E-state index contributed by atoms with van der Waals surface area (Å²) in [5, 5.41) is 0.340. The third kappa shape index (κ3) is 1.14. The first kappa shape index (κ1) is 10.1. The molecule has 0 aromatic heterocycles. The highest BCUT2D eigenvalue weighted by Crippen LogP contribution is 2.71. The van der Waals surface area contributed by atoms with Crippen LogP contribution in [0.4, 0.5) is 8.78 Å². The molecule has 0 heterocycles. The monoisotopic (exact) mass is 260 g/mol. The molecule has 0 spiro atoms. The molecule has 1 aliphatic carbocycles. The van der Waals surface area contributed by atoms with Gasteiger partial charge in [-0.05, 0) is 5.56 Å². The van der Waals surface area contributed by atoms with Gasteiger partial charge in [-0.1, -0.05) is 53.2 Å². The summed E-state index contributed by atoms with van der Waals surface area (Å²) in [4.78, 5) is 0. The Hall–Kier alpha value is -0.440. The molecule has 0 aliphatic heterocycles. The molecule has 0 N–H and O–H groups in total. The van der Waals surface area contributed by atoms with Crippen LogP contribution < -0.4 is 0 Å². The van der Waals surface area contributed by atoms with E-state index in [0.29, 0.717) is 5.33 Å². The maximum Gasteiger partial charge on any atom is 0.262 e. The molecule has 1 aliphatic rings. The van der Waals surface area contributed by atoms with E-state index in [-0.39, 0.29) is 0 Å². The summed E-state index contributed by atoms with van der Waals surface area (Å²) in [6.45, 7) is 1.62. The predicted octanol–water partition coefficient (Wildman–Crippen LogP) is 3.82. The lowest BCUT2D eigenvalue weighted by molar-refractivity contribution is 0.0743. The molecule has 0 nitrogen and oxygen atoms in total. The van der Waals surface area contributed by atoms with E-state index in [9.17, 15) is 8.78 Å². The lowest BCUT2D eigenvalue weighted by Crippen LogP contribution is -2.06. The van der Waals surface area contributed by atoms with Gasteiger partial charge in [0.25, 0.3) is 5.92 Å². The van der Waals surface area contributed by atoms with Gasteiger partial charge in [-0.2, -0.15) is 0 Å². The fraction of sp³-hybridized carbons (Fsp3) is 0.455. The molecule has 1 aromatic carbocycles. The van der Waals surface area contributed by atoms with E-state index in [4.69, 9.17) is 0 Å². The predicted molar refractivity (Wildman–Crippen MR) is 56.0 cm³/mol. The maximum atomic E-state index is 13.5. The summed E-state index contributed by atoms with van der Waals surface area (Å²) in [5.74, 6) is -3.20. The maximum absolute atomic E-state index is 13.5. The molecule has 1 aromatic rings. The van der Waals surface area contributed by atoms with Crippen molar-refractivity contribution >= 4 is 15.9 Å². The molecular formula is C11H11BrF2. The van der Waals surface area contributed by atoms with Gasteiger partial charge in [-0.3, -0.25) is 0 Å². The van der Waals surface area contributed by atoms with Crippen LogP contribution in [0.15, 0.2) is 30.3 Å². The Bertz CT molecular complexity index is 336. The second-order valence-electron chi connectivity index (χ2n) is 4.02. The Morgan fingerprint density at radius 3 is 2.29 bits per heavy atom. The molecule has 1 saturated carbocycles. The Balaban J connectivity index is 2.32. The van der Waals surface area contributed by atoms with Crippen molar-refractivity contribution in [3.8, 4) is 0 Å². The van der Waals surface area contributed by atoms with Gasteiger partial charge in [0.15, 0.2) is 0 Å². The second kappa shape index (κ2) is 3.02. The van der Waals surface area contributed by atoms with Gasteiger partial charge in [0, 0.05) is 5.33 Å². The zero-order valence-corrected chi connectivity index (χ0v) is 9.39. The van der Waals surface area contributed by atoms with E-state index in [1.165, 1.54) is 0 Å². The smallest absolute Gasteiger partial charge is 0.205 e. The van der Waals surface area contributed by atoms with E-state index in [2.05, 4.69) is 15.9 Å². The first-order valence-corrected chi connectivity index (χ1v) is 5.65. The number of benzene rings is 1. The zero-order chi connectivity index (χ0) is 10.4. The first-order chi connectivity index (χ1) is 6.54. The molecule has 0 amide bonds. The van der Waals surface area contributed by atoms with Gasteiger partial charge in [0.05, 0.1) is 11.3 Å². The lowest BCUT2D eigenvalue weighted by atomic mass is 10.0. The third-order valence-electron chi connectivity index (χ3n) is 3.09. The molecular weight excluding hydrogens is 250 g/mol. The SMILES string of the molecule is C[C@]1(CBr)[C@H](c2ccccc2)C1(F)F. The molecule has 76 valence electrons. The molecule has 14 heavy (non-hydrogen) atoms. The Morgan fingerprint density at radius 1 is 1.29 bits per heavy atom. The summed E-state index contributed by atoms with van der Waals surface area (Å²) in [6, 6.07) is 8.99. The van der Waals surface area contributed by atoms with Gasteiger partial charge >= 0.3 is 0 Å². The van der Waals surface area contributed by atoms with Crippen LogP contribution in [0.3, 0.4) is 0 Å². The molecule has 2 rings (SSSR count). The van der Waals surface area contributed by atoms with Gasteiger partial charge in [0.1, 0.15) is 0 Å². The highest BCUT2D eigenvalue weighted by atomic mass is 79.9. The van der Waals surface area contributed by atoms with Gasteiger partial charge in [0.2, 0.25) is 0 Å². The lowest BCUT2D eigenvalue weighted by Gasteiger charge is -2.03. The molecule has 3 heteroatoms. The molecule has 1 fully saturated rings. The van der Waals surface area contributed by atoms with Crippen LogP contribution in [0, 0.1) is 5.41 Å². The molecule has 0 bridgehead atoms. The van der Waals surface area contributed by atoms with E-state index >= 15 is 0 Å². The van der Waals surface area contributed by atoms with Crippen molar-refractivity contribution < 1.29 is 8.78 Å². The van der Waals surface area contributed by atoms with Gasteiger partial charge in [-0.15, -0.1) is 0 Å². The quantitative estimate of drug-likeness (QED) is 0.710. The Kier molecular flexibility index (Phi) is 2.18. The summed E-state index contributed by atoms with van der Waals surface area (Å²) in [5.41, 5.74) is -0.173. The van der Waals surface area contributed by atoms with Gasteiger partial charge < -0.3 is 0 Å². The van der Waals surface area contributed by atoms with Crippen molar-refractivity contribution in [2.75, 3.05) is 5.33 Å². The molecule has 0 radical (unpaired) electrons. The summed E-state index contributed by atoms with van der Waals surface area (Å²) in [6.07, 6.45) is 0. The number of halogens is 3. The molecule has 0 unspecified atom stereocenters. The third-order valence-corrected chi connectivity index (χ3v) is 4.25. The van der Waals surface area contributed by atoms with Gasteiger partial charge in [-0.25, -0.2) is 8.78 Å². The van der Waals surface area contributed by atoms with E-state index in [1.54, 1.807) is 31.2 Å². The highest BCUT2D eigenvalue weighted by Gasteiger charge is 2.77. The number of rotatable bonds is 2. The van der Waals surface area contributed by atoms with Crippen molar-refractivity contribution in [3.63, 3.8) is 0 Å². The van der Waals surface area contributed by atoms with Crippen LogP contribution in [0.1, 0.15) is 18.4 Å². The number of hydrogen-bond acceptors (Lipinski definition) is 0. The summed E-state index contributed by atoms with van der Waals surface area (Å²) < 4.78 is 27.0. The number of alkyl halides is 3. The zero-order valence-electron chi connectivity index (χ0n) is 7.81. The van der Waals surface area contributed by atoms with Crippen LogP contribution in [-0.2, 0) is 0 Å². The minimum Gasteiger partial charge on any atom is -0.205 e. The Labute approximate surface area is 90.4 Å². The van der Waals surface area contributed by atoms with Crippen LogP contribution in [-0.4, -0.2) is 11.3 Å². The van der Waals surface area contributed by atoms with Crippen molar-refractivity contribution in [3.05, 3.63) is 35.9 Å². The fourth-order valence-corrected chi connectivity index (χ4v) is 2.67. The average Bonchev–Trinajstić information content (AvgIpc) is 2.63. The fourth-order valence-electron chi connectivity index (χ4n) is 1.97. The standard InChI is InChI=1S/C11H11BrF2/c1-10(7-12)9(11(10,13)14)8-5-3-2-4-6-8/h2-6,9H,7H2,1H3/t9-,10-/m0/s1. The first-order valence-electron chi connectivity index (χ1n) is 4.53. The Morgan fingerprint density at radius 2 is 1.86 bits per heavy atom. The van der Waals surface area contributed by atoms with Crippen LogP contribution in [0.5, 0.6) is 0 Å². The van der Waals surface area contributed by atoms with Crippen molar-refractivity contribution in [2.24, 2.45) is 5.41 Å². The number of hydrogen-bond donors (Lipinski definition) is 0. The van der Waals surface area contributed by atoms with Crippen LogP contribution in [0.25, 0.3) is 0 Å². The largest absolute Gasteiger partial charge is 0.262 e. The van der Waals surface area contributed by atoms with E-state index in [1.807, 2.05) is 6.07 Å². The minimum atomic E-state index is -2.57. The van der Waals surface area contributed by atoms with Crippen LogP contribution >= 0.6 is 15.9 Å². The van der Waals surface area contributed by atoms with E-state index in [0.717, 1.165) is 5.56 Å². The summed E-state index contributed by atoms with van der Waals surface area (Å²) >= 11 is 3.17. The van der Waals surface area contributed by atoms with Crippen molar-refractivity contribution in [2.45, 2.75) is 18.8 Å². The molecule has 0 saturated heterocycles. The van der Waals surface area contributed by atoms with Crippen molar-refractivity contribution in [1.82, 2.24) is 0 Å². The van der Waals surface area contributed by atoms with E-state index < -0.39 is 17.3 Å². The second-order valence-corrected chi connectivity index (χ2v) is 4.58. The minimum absolute atomic E-state index is 0.340. The average molecular weight is 261 g/mol. The normalized spacial score (nSPS) is 34.1. The van der Waals surface area contributed by atoms with Crippen molar-refractivity contribution in [1.29, 1.82) is 0 Å². The summed E-state index contributed by atoms with van der Waals surface area (Å²) in [7, 11) is 0. The highest BCUT2D eigenvalue weighted by molar-refractivity contribution is 9.09. The van der Waals surface area contributed by atoms with Crippen LogP contribution in [0.2, 0.25) is 0 Å².